The predicted octanol–water partition coefficient (Wildman–Crippen LogP) is 4.53. The maximum absolute atomic E-state index is 15.0. The Balaban J connectivity index is 2.05. The Bertz CT molecular complexity index is 1080. The number of anilines is 1. The zero-order valence-electron chi connectivity index (χ0n) is 17.3. The van der Waals surface area contributed by atoms with Gasteiger partial charge in [0.1, 0.15) is 40.2 Å². The van der Waals surface area contributed by atoms with Crippen LogP contribution < -0.4 is 10.1 Å². The summed E-state index contributed by atoms with van der Waals surface area (Å²) in [5, 5.41) is 6.08. The van der Waals surface area contributed by atoms with E-state index >= 15 is 8.78 Å². The van der Waals surface area contributed by atoms with E-state index in [9.17, 15) is 13.2 Å². The predicted molar refractivity (Wildman–Crippen MR) is 112 cm³/mol. The molecule has 2 aromatic heterocycles. The average Bonchev–Trinajstić information content (AvgIpc) is 3.13. The number of aromatic nitrogens is 4. The number of nitrogens with zero attached hydrogens (tertiary/aromatic N) is 5. The number of nitrogens with one attached hydrogen (secondary N) is 1. The first kappa shape index (κ1) is 24.1. The highest BCUT2D eigenvalue weighted by Crippen LogP contribution is 2.40. The molecule has 13 heteroatoms. The third kappa shape index (κ3) is 5.26. The summed E-state index contributed by atoms with van der Waals surface area (Å²) in [5.41, 5.74) is -0.854. The molecule has 0 radical (unpaired) electrons. The zero-order valence-corrected chi connectivity index (χ0v) is 18.9. The number of rotatable bonds is 8. The minimum absolute atomic E-state index is 0.0356. The van der Waals surface area contributed by atoms with Gasteiger partial charge in [0, 0.05) is 18.7 Å². The highest BCUT2D eigenvalue weighted by atomic mass is 79.9. The molecule has 174 valence electrons. The summed E-state index contributed by atoms with van der Waals surface area (Å²) in [4.78, 5) is 9.81. The Morgan fingerprint density at radius 2 is 1.84 bits per heavy atom. The lowest BCUT2D eigenvalue weighted by molar-refractivity contribution is -0.138. The van der Waals surface area contributed by atoms with Gasteiger partial charge >= 0.3 is 6.18 Å². The minimum Gasteiger partial charge on any atom is -0.493 e. The van der Waals surface area contributed by atoms with Crippen molar-refractivity contribution in [2.45, 2.75) is 25.6 Å². The summed E-state index contributed by atoms with van der Waals surface area (Å²) >= 11 is 3.10. The Hall–Kier alpha value is -2.54. The second-order valence-electron chi connectivity index (χ2n) is 7.27. The normalized spacial score (nSPS) is 13.1. The van der Waals surface area contributed by atoms with Gasteiger partial charge in [-0.05, 0) is 43.4 Å². The highest BCUT2D eigenvalue weighted by Gasteiger charge is 2.37. The number of benzene rings is 1. The lowest BCUT2D eigenvalue weighted by Gasteiger charge is -2.22. The summed E-state index contributed by atoms with van der Waals surface area (Å²) < 4.78 is 75.9. The van der Waals surface area contributed by atoms with Gasteiger partial charge in [-0.25, -0.2) is 13.8 Å². The number of fused-ring (bicyclic) bond motifs is 1. The zero-order chi connectivity index (χ0) is 23.6. The molecule has 0 spiro atoms. The smallest absolute Gasteiger partial charge is 0.408 e. The molecular weight excluding hydrogens is 503 g/mol. The quantitative estimate of drug-likeness (QED) is 0.266. The fourth-order valence-corrected chi connectivity index (χ4v) is 3.45. The lowest BCUT2D eigenvalue weighted by atomic mass is 10.1. The van der Waals surface area contributed by atoms with Crippen LogP contribution >= 0.6 is 15.9 Å². The largest absolute Gasteiger partial charge is 0.493 e. The second-order valence-corrected chi connectivity index (χ2v) is 8.02. The van der Waals surface area contributed by atoms with E-state index in [-0.39, 0.29) is 34.1 Å². The molecule has 32 heavy (non-hydrogen) atoms. The van der Waals surface area contributed by atoms with Crippen molar-refractivity contribution in [1.82, 2.24) is 24.5 Å². The third-order valence-corrected chi connectivity index (χ3v) is 5.08. The van der Waals surface area contributed by atoms with E-state index in [0.717, 1.165) is 36.4 Å². The molecular formula is C19H20BrF5N6O. The minimum atomic E-state index is -4.62. The van der Waals surface area contributed by atoms with E-state index in [1.807, 2.05) is 19.0 Å². The number of hydrogen-bond acceptors (Lipinski definition) is 6. The summed E-state index contributed by atoms with van der Waals surface area (Å²) in [5.74, 6) is -2.47. The van der Waals surface area contributed by atoms with Crippen molar-refractivity contribution >= 4 is 27.5 Å². The van der Waals surface area contributed by atoms with Gasteiger partial charge in [0.2, 0.25) is 0 Å². The van der Waals surface area contributed by atoms with E-state index in [0.29, 0.717) is 6.42 Å². The summed E-state index contributed by atoms with van der Waals surface area (Å²) in [6.07, 6.45) is -2.92. The highest BCUT2D eigenvalue weighted by molar-refractivity contribution is 9.10. The molecule has 0 saturated carbocycles. The van der Waals surface area contributed by atoms with Crippen molar-refractivity contribution < 1.29 is 26.7 Å². The van der Waals surface area contributed by atoms with Crippen LogP contribution in [0.1, 0.15) is 13.3 Å². The van der Waals surface area contributed by atoms with Gasteiger partial charge in [0.25, 0.3) is 5.78 Å². The first-order chi connectivity index (χ1) is 15.0. The second kappa shape index (κ2) is 9.53. The first-order valence-corrected chi connectivity index (χ1v) is 10.3. The van der Waals surface area contributed by atoms with Gasteiger partial charge < -0.3 is 15.0 Å². The molecule has 0 amide bonds. The maximum Gasteiger partial charge on any atom is 0.408 e. The summed E-state index contributed by atoms with van der Waals surface area (Å²) in [6.45, 7) is 1.84. The standard InChI is InChI=1S/C19H20BrF5N6O/c1-10(19(23,24)25)28-17-15(16(20)29-18-26-9-27-31(17)18)14-12(21)7-11(8-13(14)22)32-6-4-5-30(2)3/h7-10,28H,4-6H2,1-3H3/t10-/m0/s1. The molecule has 0 bridgehead atoms. The van der Waals surface area contributed by atoms with Crippen LogP contribution in [0.5, 0.6) is 5.75 Å². The van der Waals surface area contributed by atoms with Crippen LogP contribution in [0.25, 0.3) is 16.9 Å². The molecule has 2 heterocycles. The van der Waals surface area contributed by atoms with E-state index in [2.05, 4.69) is 36.3 Å². The number of alkyl halides is 3. The van der Waals surface area contributed by atoms with E-state index < -0.39 is 29.4 Å². The lowest BCUT2D eigenvalue weighted by Crippen LogP contribution is -2.34. The molecule has 1 N–H and O–H groups in total. The van der Waals surface area contributed by atoms with E-state index in [1.165, 1.54) is 0 Å². The van der Waals surface area contributed by atoms with Crippen LogP contribution in [0, 0.1) is 11.6 Å². The van der Waals surface area contributed by atoms with Crippen LogP contribution in [-0.4, -0.2) is 63.9 Å². The van der Waals surface area contributed by atoms with Gasteiger partial charge in [-0.15, -0.1) is 0 Å². The molecule has 1 atom stereocenters. The molecule has 3 aromatic rings. The van der Waals surface area contributed by atoms with Crippen LogP contribution in [0.2, 0.25) is 0 Å². The van der Waals surface area contributed by atoms with Crippen molar-refractivity contribution in [2.75, 3.05) is 32.6 Å². The number of ether oxygens (including phenoxy) is 1. The van der Waals surface area contributed by atoms with Crippen molar-refractivity contribution in [2.24, 2.45) is 0 Å². The molecule has 0 aliphatic heterocycles. The van der Waals surface area contributed by atoms with Crippen molar-refractivity contribution in [1.29, 1.82) is 0 Å². The van der Waals surface area contributed by atoms with Crippen LogP contribution in [0.3, 0.4) is 0 Å². The molecule has 1 aromatic carbocycles. The summed E-state index contributed by atoms with van der Waals surface area (Å²) in [7, 11) is 3.77. The van der Waals surface area contributed by atoms with Crippen molar-refractivity contribution in [3.63, 3.8) is 0 Å². The van der Waals surface area contributed by atoms with Crippen molar-refractivity contribution in [3.8, 4) is 16.9 Å². The number of hydrogen-bond donors (Lipinski definition) is 1. The Kier molecular flexibility index (Phi) is 7.18. The van der Waals surface area contributed by atoms with Crippen molar-refractivity contribution in [3.05, 3.63) is 34.7 Å². The van der Waals surface area contributed by atoms with Crippen LogP contribution in [-0.2, 0) is 0 Å². The van der Waals surface area contributed by atoms with E-state index in [1.54, 1.807) is 0 Å². The fraction of sp³-hybridized carbons (Fsp3) is 0.421. The summed E-state index contributed by atoms with van der Waals surface area (Å²) in [6, 6.07) is -0.0974. The number of halogens is 6. The molecule has 0 aliphatic rings. The molecule has 0 unspecified atom stereocenters. The average molecular weight is 523 g/mol. The van der Waals surface area contributed by atoms with Gasteiger partial charge in [0.15, 0.2) is 0 Å². The molecule has 3 rings (SSSR count). The fourth-order valence-electron chi connectivity index (χ4n) is 2.90. The molecule has 0 saturated heterocycles. The SMILES string of the molecule is C[C@H](Nc1c(-c2c(F)cc(OCCCN(C)C)cc2F)c(Br)nc2ncnn12)C(F)(F)F. The van der Waals surface area contributed by atoms with Gasteiger partial charge in [-0.3, -0.25) is 0 Å². The van der Waals surface area contributed by atoms with Gasteiger partial charge in [0.05, 0.1) is 17.7 Å². The monoisotopic (exact) mass is 522 g/mol. The first-order valence-electron chi connectivity index (χ1n) is 9.48. The topological polar surface area (TPSA) is 67.6 Å². The molecule has 0 fully saturated rings. The Morgan fingerprint density at radius 1 is 1.19 bits per heavy atom. The van der Waals surface area contributed by atoms with Gasteiger partial charge in [-0.2, -0.15) is 27.8 Å². The van der Waals surface area contributed by atoms with Gasteiger partial charge in [-0.1, -0.05) is 0 Å². The van der Waals surface area contributed by atoms with Crippen LogP contribution in [0.15, 0.2) is 23.1 Å². The molecule has 7 nitrogen and oxygen atoms in total. The third-order valence-electron chi connectivity index (χ3n) is 4.51. The van der Waals surface area contributed by atoms with Crippen LogP contribution in [0.4, 0.5) is 27.8 Å². The Morgan fingerprint density at radius 3 is 2.44 bits per heavy atom. The molecule has 0 aliphatic carbocycles. The van der Waals surface area contributed by atoms with E-state index in [4.69, 9.17) is 4.74 Å². The Labute approximate surface area is 188 Å². The maximum atomic E-state index is 15.0.